The molecule has 22 heavy (non-hydrogen) atoms. The van der Waals surface area contributed by atoms with Gasteiger partial charge in [0, 0.05) is 5.02 Å². The molecule has 0 aliphatic rings. The Balaban J connectivity index is 2.32. The Morgan fingerprint density at radius 3 is 2.00 bits per heavy atom. The summed E-state index contributed by atoms with van der Waals surface area (Å²) in [6, 6.07) is 12.9. The molecule has 0 atom stereocenters. The lowest BCUT2D eigenvalue weighted by Gasteiger charge is -2.16. The van der Waals surface area contributed by atoms with Crippen molar-refractivity contribution in [2.75, 3.05) is 4.72 Å². The van der Waals surface area contributed by atoms with E-state index in [9.17, 15) is 8.42 Å². The highest BCUT2D eigenvalue weighted by Gasteiger charge is 2.17. The summed E-state index contributed by atoms with van der Waals surface area (Å²) in [4.78, 5) is 0. The van der Waals surface area contributed by atoms with Crippen molar-refractivity contribution in [2.24, 2.45) is 0 Å². The lowest BCUT2D eigenvalue weighted by molar-refractivity contribution is 0.600. The molecule has 0 aliphatic heterocycles. The van der Waals surface area contributed by atoms with E-state index in [0.29, 0.717) is 16.3 Å². The Bertz CT molecular complexity index is 735. The normalized spacial score (nSPS) is 11.4. The van der Waals surface area contributed by atoms with Crippen LogP contribution < -0.4 is 4.72 Å². The van der Waals surface area contributed by atoms with Crippen molar-refractivity contribution < 1.29 is 8.42 Å². The number of nitrogens with one attached hydrogen (secondary N) is 1. The van der Waals surface area contributed by atoms with Crippen molar-refractivity contribution in [3.05, 3.63) is 64.2 Å². The molecule has 0 fully saturated rings. The van der Waals surface area contributed by atoms with E-state index < -0.39 is 10.0 Å². The van der Waals surface area contributed by atoms with E-state index >= 15 is 0 Å². The highest BCUT2D eigenvalue weighted by atomic mass is 35.5. The molecular weight excluding hydrogens is 318 g/mol. The fourth-order valence-electron chi connectivity index (χ4n) is 2.39. The molecule has 0 heterocycles. The quantitative estimate of drug-likeness (QED) is 0.848. The molecule has 0 saturated heterocycles. The molecule has 0 spiro atoms. The van der Waals surface area contributed by atoms with E-state index in [4.69, 9.17) is 11.6 Å². The van der Waals surface area contributed by atoms with Gasteiger partial charge in [-0.1, -0.05) is 61.8 Å². The zero-order valence-corrected chi connectivity index (χ0v) is 14.3. The molecule has 0 radical (unpaired) electrons. The van der Waals surface area contributed by atoms with Gasteiger partial charge in [-0.05, 0) is 35.6 Å². The average Bonchev–Trinajstić information content (AvgIpc) is 2.49. The van der Waals surface area contributed by atoms with Gasteiger partial charge in [-0.2, -0.15) is 0 Å². The molecule has 0 saturated carbocycles. The largest absolute Gasteiger partial charge is 0.283 e. The molecule has 0 aromatic heterocycles. The second kappa shape index (κ2) is 7.16. The third kappa shape index (κ3) is 4.02. The van der Waals surface area contributed by atoms with Crippen LogP contribution in [-0.2, 0) is 28.6 Å². The summed E-state index contributed by atoms with van der Waals surface area (Å²) in [5.74, 6) is -0.131. The fourth-order valence-corrected chi connectivity index (χ4v) is 3.97. The van der Waals surface area contributed by atoms with Crippen LogP contribution >= 0.6 is 11.6 Å². The minimum absolute atomic E-state index is 0.131. The van der Waals surface area contributed by atoms with E-state index in [1.165, 1.54) is 0 Å². The summed E-state index contributed by atoms with van der Waals surface area (Å²) in [6.07, 6.45) is 1.55. The summed E-state index contributed by atoms with van der Waals surface area (Å²) in [5.41, 5.74) is 3.31. The van der Waals surface area contributed by atoms with Crippen LogP contribution in [0.2, 0.25) is 5.02 Å². The first-order valence-electron chi connectivity index (χ1n) is 7.31. The van der Waals surface area contributed by atoms with E-state index in [0.717, 1.165) is 24.0 Å². The molecule has 1 N–H and O–H groups in total. The molecule has 3 nitrogen and oxygen atoms in total. The summed E-state index contributed by atoms with van der Waals surface area (Å²) in [5, 5.41) is 0.465. The molecule has 2 aromatic carbocycles. The van der Waals surface area contributed by atoms with Gasteiger partial charge in [0.25, 0.3) is 0 Å². The van der Waals surface area contributed by atoms with Crippen molar-refractivity contribution >= 4 is 27.3 Å². The third-order valence-corrected chi connectivity index (χ3v) is 5.13. The van der Waals surface area contributed by atoms with Crippen LogP contribution in [0.5, 0.6) is 0 Å². The molecule has 0 aliphatic carbocycles. The number of para-hydroxylation sites is 1. The maximum absolute atomic E-state index is 12.5. The summed E-state index contributed by atoms with van der Waals surface area (Å²) in [6.45, 7) is 4.03. The van der Waals surface area contributed by atoms with Crippen molar-refractivity contribution in [1.29, 1.82) is 0 Å². The number of hydrogen-bond acceptors (Lipinski definition) is 2. The SMILES string of the molecule is CCc1cccc(CC)c1NS(=O)(=O)Cc1ccccc1Cl. The standard InChI is InChI=1S/C17H20ClNO2S/c1-3-13-9-7-10-14(4-2)17(13)19-22(20,21)12-15-8-5-6-11-16(15)18/h5-11,19H,3-4,12H2,1-2H3. The molecule has 118 valence electrons. The minimum atomic E-state index is -3.51. The fraction of sp³-hybridized carbons (Fsp3) is 0.294. The molecule has 0 bridgehead atoms. The van der Waals surface area contributed by atoms with E-state index in [-0.39, 0.29) is 5.75 Å². The molecule has 2 rings (SSSR count). The number of aryl methyl sites for hydroxylation is 2. The van der Waals surface area contributed by atoms with Crippen molar-refractivity contribution in [2.45, 2.75) is 32.4 Å². The summed E-state index contributed by atoms with van der Waals surface area (Å²) in [7, 11) is -3.51. The van der Waals surface area contributed by atoms with Gasteiger partial charge < -0.3 is 0 Å². The maximum atomic E-state index is 12.5. The molecule has 0 amide bonds. The Morgan fingerprint density at radius 1 is 0.909 bits per heavy atom. The van der Waals surface area contributed by atoms with Crippen molar-refractivity contribution in [3.63, 3.8) is 0 Å². The number of rotatable bonds is 6. The smallest absolute Gasteiger partial charge is 0.236 e. The highest BCUT2D eigenvalue weighted by Crippen LogP contribution is 2.25. The second-order valence-corrected chi connectivity index (χ2v) is 7.24. The van der Waals surface area contributed by atoms with Gasteiger partial charge in [-0.25, -0.2) is 8.42 Å². The van der Waals surface area contributed by atoms with Crippen LogP contribution in [0, 0.1) is 0 Å². The van der Waals surface area contributed by atoms with Gasteiger partial charge in [0.05, 0.1) is 11.4 Å². The number of benzene rings is 2. The van der Waals surface area contributed by atoms with Crippen LogP contribution in [0.15, 0.2) is 42.5 Å². The number of sulfonamides is 1. The van der Waals surface area contributed by atoms with Crippen molar-refractivity contribution in [3.8, 4) is 0 Å². The number of halogens is 1. The van der Waals surface area contributed by atoms with Gasteiger partial charge >= 0.3 is 0 Å². The van der Waals surface area contributed by atoms with Crippen LogP contribution in [0.1, 0.15) is 30.5 Å². The molecule has 2 aromatic rings. The topological polar surface area (TPSA) is 46.2 Å². The number of hydrogen-bond donors (Lipinski definition) is 1. The van der Waals surface area contributed by atoms with Gasteiger partial charge in [0.1, 0.15) is 0 Å². The Kier molecular flexibility index (Phi) is 5.48. The van der Waals surface area contributed by atoms with Crippen LogP contribution in [0.3, 0.4) is 0 Å². The zero-order chi connectivity index (χ0) is 16.2. The summed E-state index contributed by atoms with van der Waals surface area (Å²) >= 11 is 6.06. The van der Waals surface area contributed by atoms with Crippen molar-refractivity contribution in [1.82, 2.24) is 0 Å². The minimum Gasteiger partial charge on any atom is -0.283 e. The summed E-state index contributed by atoms with van der Waals surface area (Å²) < 4.78 is 27.7. The monoisotopic (exact) mass is 337 g/mol. The average molecular weight is 338 g/mol. The third-order valence-electron chi connectivity index (χ3n) is 3.56. The van der Waals surface area contributed by atoms with E-state index in [1.807, 2.05) is 32.0 Å². The van der Waals surface area contributed by atoms with Gasteiger partial charge in [0.15, 0.2) is 0 Å². The first-order chi connectivity index (χ1) is 10.5. The van der Waals surface area contributed by atoms with Crippen LogP contribution in [0.4, 0.5) is 5.69 Å². The Labute approximate surface area is 137 Å². The maximum Gasteiger partial charge on any atom is 0.236 e. The van der Waals surface area contributed by atoms with E-state index in [1.54, 1.807) is 24.3 Å². The van der Waals surface area contributed by atoms with Gasteiger partial charge in [-0.3, -0.25) is 4.72 Å². The Hall–Kier alpha value is -1.52. The lowest BCUT2D eigenvalue weighted by atomic mass is 10.0. The molecular formula is C17H20ClNO2S. The second-order valence-electron chi connectivity index (χ2n) is 5.11. The molecule has 0 unspecified atom stereocenters. The lowest BCUT2D eigenvalue weighted by Crippen LogP contribution is -2.17. The van der Waals surface area contributed by atoms with E-state index in [2.05, 4.69) is 4.72 Å². The molecule has 5 heteroatoms. The van der Waals surface area contributed by atoms with Crippen LogP contribution in [0.25, 0.3) is 0 Å². The Morgan fingerprint density at radius 2 is 1.45 bits per heavy atom. The van der Waals surface area contributed by atoms with Gasteiger partial charge in [-0.15, -0.1) is 0 Å². The predicted octanol–water partition coefficient (Wildman–Crippen LogP) is 4.41. The number of anilines is 1. The van der Waals surface area contributed by atoms with Gasteiger partial charge in [0.2, 0.25) is 10.0 Å². The van der Waals surface area contributed by atoms with Crippen LogP contribution in [-0.4, -0.2) is 8.42 Å². The highest BCUT2D eigenvalue weighted by molar-refractivity contribution is 7.91. The predicted molar refractivity (Wildman–Crippen MR) is 92.9 cm³/mol. The first kappa shape index (κ1) is 16.8. The zero-order valence-electron chi connectivity index (χ0n) is 12.8. The first-order valence-corrected chi connectivity index (χ1v) is 9.34.